The Hall–Kier alpha value is -2.33. The summed E-state index contributed by atoms with van der Waals surface area (Å²) in [5.41, 5.74) is 3.82. The van der Waals surface area contributed by atoms with E-state index in [1.807, 2.05) is 11.0 Å². The number of carbonyl (C=O) groups excluding carboxylic acids is 1. The number of urea groups is 1. The third-order valence-electron chi connectivity index (χ3n) is 5.41. The normalized spacial score (nSPS) is 24.5. The Kier molecular flexibility index (Phi) is 4.45. The minimum absolute atomic E-state index is 0.0931. The third-order valence-corrected chi connectivity index (χ3v) is 5.41. The van der Waals surface area contributed by atoms with Gasteiger partial charge in [-0.3, -0.25) is 0 Å². The lowest BCUT2D eigenvalue weighted by atomic mass is 9.72. The van der Waals surface area contributed by atoms with Crippen molar-refractivity contribution in [3.63, 3.8) is 0 Å². The molecule has 2 bridgehead atoms. The van der Waals surface area contributed by atoms with Crippen LogP contribution in [0.25, 0.3) is 11.1 Å². The second-order valence-electron chi connectivity index (χ2n) is 6.95. The second kappa shape index (κ2) is 6.89. The number of piperidine rings is 1. The maximum absolute atomic E-state index is 12.4. The molecular weight excluding hydrogens is 310 g/mol. The summed E-state index contributed by atoms with van der Waals surface area (Å²) >= 11 is 0. The molecule has 2 aromatic rings. The SMILES string of the molecule is CCCNC(=O)N1[C@@H]2CNC[C@H]1C2c1ccc(-c2ccccc2)cc1. The summed E-state index contributed by atoms with van der Waals surface area (Å²) < 4.78 is 0. The van der Waals surface area contributed by atoms with Crippen molar-refractivity contribution >= 4 is 6.03 Å². The highest BCUT2D eigenvalue weighted by molar-refractivity contribution is 5.77. The number of rotatable bonds is 4. The fourth-order valence-corrected chi connectivity index (χ4v) is 4.17. The van der Waals surface area contributed by atoms with Crippen LogP contribution in [-0.2, 0) is 0 Å². The lowest BCUT2D eigenvalue weighted by molar-refractivity contribution is -0.00341. The van der Waals surface area contributed by atoms with E-state index >= 15 is 0 Å². The van der Waals surface area contributed by atoms with Crippen molar-refractivity contribution in [2.24, 2.45) is 0 Å². The van der Waals surface area contributed by atoms with Crippen molar-refractivity contribution in [2.75, 3.05) is 19.6 Å². The van der Waals surface area contributed by atoms with E-state index in [0.29, 0.717) is 5.92 Å². The van der Waals surface area contributed by atoms with Gasteiger partial charge in [-0.05, 0) is 23.1 Å². The van der Waals surface area contributed by atoms with Gasteiger partial charge in [-0.2, -0.15) is 0 Å². The molecule has 2 aliphatic heterocycles. The molecule has 0 saturated carbocycles. The van der Waals surface area contributed by atoms with E-state index in [1.54, 1.807) is 0 Å². The fraction of sp³-hybridized carbons (Fsp3) is 0.381. The first-order valence-electron chi connectivity index (χ1n) is 9.22. The largest absolute Gasteiger partial charge is 0.338 e. The van der Waals surface area contributed by atoms with Crippen LogP contribution in [-0.4, -0.2) is 42.6 Å². The molecule has 3 atom stereocenters. The van der Waals surface area contributed by atoms with Gasteiger partial charge in [0.25, 0.3) is 0 Å². The van der Waals surface area contributed by atoms with Crippen molar-refractivity contribution in [3.8, 4) is 11.1 Å². The van der Waals surface area contributed by atoms with Gasteiger partial charge in [0.1, 0.15) is 0 Å². The number of hydrogen-bond donors (Lipinski definition) is 2. The Bertz CT molecular complexity index is 717. The second-order valence-corrected chi connectivity index (χ2v) is 6.95. The molecule has 4 nitrogen and oxygen atoms in total. The lowest BCUT2D eigenvalue weighted by Crippen LogP contribution is -2.75. The van der Waals surface area contributed by atoms with Crippen LogP contribution in [0.3, 0.4) is 0 Å². The van der Waals surface area contributed by atoms with E-state index in [-0.39, 0.29) is 18.1 Å². The highest BCUT2D eigenvalue weighted by Crippen LogP contribution is 2.42. The summed E-state index contributed by atoms with van der Waals surface area (Å²) in [6, 6.07) is 19.9. The molecule has 0 radical (unpaired) electrons. The number of hydrogen-bond acceptors (Lipinski definition) is 2. The van der Waals surface area contributed by atoms with E-state index in [2.05, 4.69) is 66.1 Å². The third kappa shape index (κ3) is 2.91. The van der Waals surface area contributed by atoms with Gasteiger partial charge < -0.3 is 15.5 Å². The average Bonchev–Trinajstić information content (AvgIpc) is 2.68. The van der Waals surface area contributed by atoms with Gasteiger partial charge in [-0.25, -0.2) is 4.79 Å². The molecule has 2 aliphatic rings. The molecule has 2 fully saturated rings. The number of nitrogens with one attached hydrogen (secondary N) is 2. The van der Waals surface area contributed by atoms with E-state index in [1.165, 1.54) is 16.7 Å². The molecular formula is C21H25N3O. The Morgan fingerprint density at radius 3 is 2.32 bits per heavy atom. The molecule has 2 heterocycles. The van der Waals surface area contributed by atoms with Crippen molar-refractivity contribution in [2.45, 2.75) is 31.3 Å². The van der Waals surface area contributed by atoms with E-state index in [0.717, 1.165) is 26.1 Å². The minimum Gasteiger partial charge on any atom is -0.338 e. The van der Waals surface area contributed by atoms with Crippen molar-refractivity contribution in [3.05, 3.63) is 60.2 Å². The predicted molar refractivity (Wildman–Crippen MR) is 101 cm³/mol. The summed E-state index contributed by atoms with van der Waals surface area (Å²) in [6.07, 6.45) is 0.970. The maximum atomic E-state index is 12.4. The van der Waals surface area contributed by atoms with E-state index in [9.17, 15) is 4.79 Å². The highest BCUT2D eigenvalue weighted by Gasteiger charge is 2.53. The zero-order chi connectivity index (χ0) is 17.2. The molecule has 2 aromatic carbocycles. The molecule has 130 valence electrons. The summed E-state index contributed by atoms with van der Waals surface area (Å²) in [4.78, 5) is 14.4. The van der Waals surface area contributed by atoms with Gasteiger partial charge >= 0.3 is 6.03 Å². The Balaban J connectivity index is 1.50. The summed E-state index contributed by atoms with van der Waals surface area (Å²) in [5, 5.41) is 6.47. The molecule has 0 aromatic heterocycles. The first kappa shape index (κ1) is 16.2. The molecule has 4 heteroatoms. The van der Waals surface area contributed by atoms with Crippen LogP contribution in [0, 0.1) is 0 Å². The Morgan fingerprint density at radius 2 is 1.68 bits per heavy atom. The van der Waals surface area contributed by atoms with Crippen LogP contribution >= 0.6 is 0 Å². The predicted octanol–water partition coefficient (Wildman–Crippen LogP) is 3.21. The van der Waals surface area contributed by atoms with Crippen LogP contribution in [0.15, 0.2) is 54.6 Å². The Morgan fingerprint density at radius 1 is 1.04 bits per heavy atom. The van der Waals surface area contributed by atoms with Gasteiger partial charge in [-0.15, -0.1) is 0 Å². The maximum Gasteiger partial charge on any atom is 0.318 e. The van der Waals surface area contributed by atoms with Crippen LogP contribution in [0.2, 0.25) is 0 Å². The van der Waals surface area contributed by atoms with Gasteiger partial charge in [-0.1, -0.05) is 61.5 Å². The molecule has 25 heavy (non-hydrogen) atoms. The van der Waals surface area contributed by atoms with Crippen molar-refractivity contribution in [1.29, 1.82) is 0 Å². The zero-order valence-corrected chi connectivity index (χ0v) is 14.6. The average molecular weight is 335 g/mol. The van der Waals surface area contributed by atoms with Gasteiger partial charge in [0, 0.05) is 25.6 Å². The number of benzene rings is 2. The fourth-order valence-electron chi connectivity index (χ4n) is 4.17. The number of piperazine rings is 1. The summed E-state index contributed by atoms with van der Waals surface area (Å²) in [6.45, 7) is 4.58. The summed E-state index contributed by atoms with van der Waals surface area (Å²) in [7, 11) is 0. The molecule has 4 rings (SSSR count). The lowest BCUT2D eigenvalue weighted by Gasteiger charge is -2.59. The topological polar surface area (TPSA) is 44.4 Å². The van der Waals surface area contributed by atoms with Crippen molar-refractivity contribution < 1.29 is 4.79 Å². The number of fused-ring (bicyclic) bond motifs is 2. The molecule has 0 spiro atoms. The van der Waals surface area contributed by atoms with Crippen LogP contribution in [0.1, 0.15) is 24.8 Å². The van der Waals surface area contributed by atoms with Gasteiger partial charge in [0.05, 0.1) is 12.1 Å². The monoisotopic (exact) mass is 335 g/mol. The van der Waals surface area contributed by atoms with Crippen molar-refractivity contribution in [1.82, 2.24) is 15.5 Å². The van der Waals surface area contributed by atoms with Gasteiger partial charge in [0.2, 0.25) is 0 Å². The quantitative estimate of drug-likeness (QED) is 0.901. The van der Waals surface area contributed by atoms with E-state index < -0.39 is 0 Å². The smallest absolute Gasteiger partial charge is 0.318 e. The molecule has 0 aliphatic carbocycles. The van der Waals surface area contributed by atoms with Gasteiger partial charge in [0.15, 0.2) is 0 Å². The molecule has 2 saturated heterocycles. The molecule has 2 amide bonds. The minimum atomic E-state index is 0.0931. The highest BCUT2D eigenvalue weighted by atomic mass is 16.2. The number of carbonyl (C=O) groups is 1. The molecule has 2 N–H and O–H groups in total. The molecule has 1 unspecified atom stereocenters. The summed E-state index contributed by atoms with van der Waals surface area (Å²) in [5.74, 6) is 0.443. The first-order valence-corrected chi connectivity index (χ1v) is 9.22. The first-order chi connectivity index (χ1) is 12.3. The van der Waals surface area contributed by atoms with Crippen LogP contribution in [0.4, 0.5) is 4.79 Å². The number of amides is 2. The number of nitrogens with zero attached hydrogens (tertiary/aromatic N) is 1. The van der Waals surface area contributed by atoms with Crippen LogP contribution in [0.5, 0.6) is 0 Å². The zero-order valence-electron chi connectivity index (χ0n) is 14.6. The van der Waals surface area contributed by atoms with Crippen LogP contribution < -0.4 is 10.6 Å². The van der Waals surface area contributed by atoms with E-state index in [4.69, 9.17) is 0 Å². The Labute approximate surface area is 149 Å². The standard InChI is InChI=1S/C21H25N3O/c1-2-12-23-21(25)24-18-13-22-14-19(24)20(18)17-10-8-16(9-11-17)15-6-4-3-5-7-15/h3-11,18-20,22H,2,12-14H2,1H3,(H,23,25)/t18-,19+,20?.